The molecule has 8 heteroatoms. The molecule has 0 aliphatic rings. The zero-order valence-electron chi connectivity index (χ0n) is 13.1. The van der Waals surface area contributed by atoms with E-state index in [4.69, 9.17) is 23.2 Å². The van der Waals surface area contributed by atoms with E-state index in [2.05, 4.69) is 15.5 Å². The van der Waals surface area contributed by atoms with Gasteiger partial charge in [0.05, 0.1) is 29.1 Å². The van der Waals surface area contributed by atoms with Gasteiger partial charge in [0.15, 0.2) is 5.69 Å². The van der Waals surface area contributed by atoms with Crippen LogP contribution in [-0.4, -0.2) is 25.5 Å². The van der Waals surface area contributed by atoms with Gasteiger partial charge in [-0.15, -0.1) is 0 Å². The summed E-state index contributed by atoms with van der Waals surface area (Å²) < 4.78 is 3.26. The molecule has 1 aromatic carbocycles. The third kappa shape index (κ3) is 3.29. The maximum Gasteiger partial charge on any atom is 0.277 e. The van der Waals surface area contributed by atoms with Crippen LogP contribution in [0.25, 0.3) is 0 Å². The van der Waals surface area contributed by atoms with Gasteiger partial charge in [-0.05, 0) is 18.6 Å². The highest BCUT2D eigenvalue weighted by Gasteiger charge is 2.18. The highest BCUT2D eigenvalue weighted by Crippen LogP contribution is 2.21. The Labute approximate surface area is 149 Å². The summed E-state index contributed by atoms with van der Waals surface area (Å²) in [5.74, 6) is -0.374. The Morgan fingerprint density at radius 2 is 2.04 bits per heavy atom. The van der Waals surface area contributed by atoms with Crippen LogP contribution in [0, 0.1) is 6.92 Å². The second-order valence-corrected chi connectivity index (χ2v) is 6.13. The molecule has 3 rings (SSSR count). The fraction of sp³-hybridized carbons (Fsp3) is 0.188. The number of hydrogen-bond donors (Lipinski definition) is 1. The summed E-state index contributed by atoms with van der Waals surface area (Å²) >= 11 is 12.3. The number of amides is 1. The van der Waals surface area contributed by atoms with Crippen molar-refractivity contribution >= 4 is 34.8 Å². The van der Waals surface area contributed by atoms with Crippen LogP contribution in [0.15, 0.2) is 36.7 Å². The van der Waals surface area contributed by atoms with Crippen molar-refractivity contribution in [2.24, 2.45) is 7.05 Å². The first-order chi connectivity index (χ1) is 11.5. The normalized spacial score (nSPS) is 10.8. The quantitative estimate of drug-likeness (QED) is 0.770. The Bertz CT molecular complexity index is 900. The Kier molecular flexibility index (Phi) is 4.59. The second kappa shape index (κ2) is 6.67. The van der Waals surface area contributed by atoms with Gasteiger partial charge in [0.2, 0.25) is 0 Å². The minimum atomic E-state index is -0.374. The Morgan fingerprint density at radius 3 is 2.71 bits per heavy atom. The van der Waals surface area contributed by atoms with E-state index in [9.17, 15) is 4.79 Å². The fourth-order valence-electron chi connectivity index (χ4n) is 2.23. The Balaban J connectivity index is 1.73. The van der Waals surface area contributed by atoms with Crippen LogP contribution >= 0.6 is 23.2 Å². The summed E-state index contributed by atoms with van der Waals surface area (Å²) in [6, 6.07) is 7.55. The Morgan fingerprint density at radius 1 is 1.29 bits per heavy atom. The van der Waals surface area contributed by atoms with E-state index in [-0.39, 0.29) is 11.6 Å². The summed E-state index contributed by atoms with van der Waals surface area (Å²) in [6.45, 7) is 2.31. The van der Waals surface area contributed by atoms with Crippen molar-refractivity contribution in [3.05, 3.63) is 63.7 Å². The van der Waals surface area contributed by atoms with Gasteiger partial charge >= 0.3 is 0 Å². The van der Waals surface area contributed by atoms with E-state index in [1.54, 1.807) is 35.7 Å². The first kappa shape index (κ1) is 16.5. The SMILES string of the molecule is Cc1c(Cl)c(C(=O)Nc2cnn(Cc3ccccc3Cl)c2)nn1C. The molecule has 0 fully saturated rings. The lowest BCUT2D eigenvalue weighted by Gasteiger charge is -2.04. The first-order valence-corrected chi connectivity index (χ1v) is 7.97. The largest absolute Gasteiger partial charge is 0.318 e. The van der Waals surface area contributed by atoms with Crippen molar-refractivity contribution in [3.8, 4) is 0 Å². The molecule has 0 radical (unpaired) electrons. The van der Waals surface area contributed by atoms with Gasteiger partial charge in [-0.1, -0.05) is 41.4 Å². The topological polar surface area (TPSA) is 64.7 Å². The van der Waals surface area contributed by atoms with Crippen molar-refractivity contribution < 1.29 is 4.79 Å². The average molecular weight is 364 g/mol. The van der Waals surface area contributed by atoms with Gasteiger partial charge in [0.1, 0.15) is 0 Å². The third-order valence-corrected chi connectivity index (χ3v) is 4.48. The van der Waals surface area contributed by atoms with E-state index in [0.29, 0.717) is 22.3 Å². The third-order valence-electron chi connectivity index (χ3n) is 3.66. The molecule has 2 heterocycles. The molecule has 3 aromatic rings. The standard InChI is InChI=1S/C16H15Cl2N5O/c1-10-14(18)15(21-22(10)2)16(24)20-12-7-19-23(9-12)8-11-5-3-4-6-13(11)17/h3-7,9H,8H2,1-2H3,(H,20,24). The van der Waals surface area contributed by atoms with E-state index in [0.717, 1.165) is 11.3 Å². The van der Waals surface area contributed by atoms with Gasteiger partial charge in [-0.3, -0.25) is 14.2 Å². The number of aryl methyl sites for hydroxylation is 1. The summed E-state index contributed by atoms with van der Waals surface area (Å²) in [4.78, 5) is 12.3. The molecule has 6 nitrogen and oxygen atoms in total. The van der Waals surface area contributed by atoms with E-state index in [1.165, 1.54) is 0 Å². The summed E-state index contributed by atoms with van der Waals surface area (Å²) in [7, 11) is 1.74. The molecular weight excluding hydrogens is 349 g/mol. The minimum absolute atomic E-state index is 0.190. The molecular formula is C16H15Cl2N5O. The van der Waals surface area contributed by atoms with Crippen molar-refractivity contribution in [1.82, 2.24) is 19.6 Å². The molecule has 24 heavy (non-hydrogen) atoms. The van der Waals surface area contributed by atoms with Crippen molar-refractivity contribution in [3.63, 3.8) is 0 Å². The molecule has 2 aromatic heterocycles. The number of halogens is 2. The van der Waals surface area contributed by atoms with Gasteiger partial charge in [-0.25, -0.2) is 0 Å². The molecule has 0 spiro atoms. The number of carbonyl (C=O) groups is 1. The zero-order valence-corrected chi connectivity index (χ0v) is 14.6. The summed E-state index contributed by atoms with van der Waals surface area (Å²) in [5.41, 5.74) is 2.43. The molecule has 0 saturated carbocycles. The number of nitrogens with zero attached hydrogens (tertiary/aromatic N) is 4. The predicted molar refractivity (Wildman–Crippen MR) is 93.7 cm³/mol. The second-order valence-electron chi connectivity index (χ2n) is 5.34. The van der Waals surface area contributed by atoms with Crippen LogP contribution in [-0.2, 0) is 13.6 Å². The van der Waals surface area contributed by atoms with Gasteiger partial charge in [0, 0.05) is 18.3 Å². The van der Waals surface area contributed by atoms with Gasteiger partial charge in [-0.2, -0.15) is 10.2 Å². The molecule has 0 aliphatic heterocycles. The molecule has 0 bridgehead atoms. The molecule has 0 aliphatic carbocycles. The van der Waals surface area contributed by atoms with Crippen LogP contribution in [0.3, 0.4) is 0 Å². The molecule has 0 atom stereocenters. The highest BCUT2D eigenvalue weighted by molar-refractivity contribution is 6.34. The number of rotatable bonds is 4. The average Bonchev–Trinajstić information content (AvgIpc) is 3.09. The Hall–Kier alpha value is -2.31. The molecule has 0 saturated heterocycles. The van der Waals surface area contributed by atoms with Crippen LogP contribution in [0.2, 0.25) is 10.0 Å². The van der Waals surface area contributed by atoms with Crippen molar-refractivity contribution in [2.45, 2.75) is 13.5 Å². The lowest BCUT2D eigenvalue weighted by molar-refractivity contribution is 0.102. The van der Waals surface area contributed by atoms with Crippen molar-refractivity contribution in [1.29, 1.82) is 0 Å². The van der Waals surface area contributed by atoms with Crippen LogP contribution in [0.4, 0.5) is 5.69 Å². The van der Waals surface area contributed by atoms with Gasteiger partial charge in [0.25, 0.3) is 5.91 Å². The van der Waals surface area contributed by atoms with Gasteiger partial charge < -0.3 is 5.32 Å². The number of nitrogens with one attached hydrogen (secondary N) is 1. The van der Waals surface area contributed by atoms with E-state index in [1.807, 2.05) is 24.3 Å². The lowest BCUT2D eigenvalue weighted by atomic mass is 10.2. The monoisotopic (exact) mass is 363 g/mol. The lowest BCUT2D eigenvalue weighted by Crippen LogP contribution is -2.13. The minimum Gasteiger partial charge on any atom is -0.318 e. The fourth-order valence-corrected chi connectivity index (χ4v) is 2.67. The van der Waals surface area contributed by atoms with E-state index >= 15 is 0 Å². The number of aromatic nitrogens is 4. The number of hydrogen-bond acceptors (Lipinski definition) is 3. The maximum atomic E-state index is 12.3. The van der Waals surface area contributed by atoms with Crippen LogP contribution in [0.1, 0.15) is 21.7 Å². The molecule has 1 N–H and O–H groups in total. The number of carbonyl (C=O) groups excluding carboxylic acids is 1. The highest BCUT2D eigenvalue weighted by atomic mass is 35.5. The van der Waals surface area contributed by atoms with Crippen LogP contribution in [0.5, 0.6) is 0 Å². The number of anilines is 1. The molecule has 124 valence electrons. The van der Waals surface area contributed by atoms with E-state index < -0.39 is 0 Å². The predicted octanol–water partition coefficient (Wildman–Crippen LogP) is 3.53. The first-order valence-electron chi connectivity index (χ1n) is 7.22. The summed E-state index contributed by atoms with van der Waals surface area (Å²) in [6.07, 6.45) is 3.30. The molecule has 1 amide bonds. The smallest absolute Gasteiger partial charge is 0.277 e. The van der Waals surface area contributed by atoms with Crippen molar-refractivity contribution in [2.75, 3.05) is 5.32 Å². The maximum absolute atomic E-state index is 12.3. The summed E-state index contributed by atoms with van der Waals surface area (Å²) in [5, 5.41) is 12.1. The van der Waals surface area contributed by atoms with Crippen LogP contribution < -0.4 is 5.32 Å². The number of benzene rings is 1. The zero-order chi connectivity index (χ0) is 17.3. The molecule has 0 unspecified atom stereocenters.